The van der Waals surface area contributed by atoms with E-state index < -0.39 is 0 Å². The summed E-state index contributed by atoms with van der Waals surface area (Å²) in [5.74, 6) is 0.808. The van der Waals surface area contributed by atoms with E-state index in [1.807, 2.05) is 4.90 Å². The van der Waals surface area contributed by atoms with Crippen molar-refractivity contribution in [3.8, 4) is 0 Å². The summed E-state index contributed by atoms with van der Waals surface area (Å²) in [4.78, 5) is 14.9. The molecule has 1 amide bonds. The van der Waals surface area contributed by atoms with Gasteiger partial charge >= 0.3 is 0 Å². The number of hydrogen-bond acceptors (Lipinski definition) is 2. The standard InChI is InChI=1S/C15H30N2O/c1-12(2)10-17(13(3)4)14(18)15(11-16)8-6-5-7-9-15/h12-13H,5-11,16H2,1-4H3. The van der Waals surface area contributed by atoms with Gasteiger partial charge in [-0.2, -0.15) is 0 Å². The van der Waals surface area contributed by atoms with Crippen molar-refractivity contribution in [3.63, 3.8) is 0 Å². The predicted molar refractivity (Wildman–Crippen MR) is 76.3 cm³/mol. The van der Waals surface area contributed by atoms with Gasteiger partial charge < -0.3 is 10.6 Å². The van der Waals surface area contributed by atoms with Crippen molar-refractivity contribution in [2.24, 2.45) is 17.1 Å². The highest BCUT2D eigenvalue weighted by Crippen LogP contribution is 2.37. The number of nitrogens with two attached hydrogens (primary N) is 1. The third kappa shape index (κ3) is 3.47. The minimum absolute atomic E-state index is 0.266. The lowest BCUT2D eigenvalue weighted by molar-refractivity contribution is -0.146. The Morgan fingerprint density at radius 1 is 1.17 bits per heavy atom. The number of rotatable bonds is 5. The van der Waals surface area contributed by atoms with Crippen LogP contribution >= 0.6 is 0 Å². The van der Waals surface area contributed by atoms with Crippen LogP contribution in [0.4, 0.5) is 0 Å². The van der Waals surface area contributed by atoms with E-state index in [0.717, 1.165) is 32.2 Å². The quantitative estimate of drug-likeness (QED) is 0.820. The molecule has 3 nitrogen and oxygen atoms in total. The fourth-order valence-electron chi connectivity index (χ4n) is 2.96. The fourth-order valence-corrected chi connectivity index (χ4v) is 2.96. The largest absolute Gasteiger partial charge is 0.339 e. The molecule has 0 saturated heterocycles. The zero-order valence-electron chi connectivity index (χ0n) is 12.5. The Morgan fingerprint density at radius 2 is 1.72 bits per heavy atom. The maximum absolute atomic E-state index is 12.9. The molecule has 18 heavy (non-hydrogen) atoms. The Morgan fingerprint density at radius 3 is 2.11 bits per heavy atom. The average molecular weight is 254 g/mol. The lowest BCUT2D eigenvalue weighted by Gasteiger charge is -2.41. The predicted octanol–water partition coefficient (Wildman–Crippen LogP) is 2.79. The Bertz CT molecular complexity index is 268. The Kier molecular flexibility index (Phi) is 5.64. The molecular weight excluding hydrogens is 224 g/mol. The maximum atomic E-state index is 12.9. The smallest absolute Gasteiger partial charge is 0.230 e. The molecule has 0 aromatic rings. The second-order valence-electron chi connectivity index (χ2n) is 6.49. The molecule has 1 fully saturated rings. The van der Waals surface area contributed by atoms with Crippen LogP contribution in [0.25, 0.3) is 0 Å². The van der Waals surface area contributed by atoms with Crippen LogP contribution in [0, 0.1) is 11.3 Å². The van der Waals surface area contributed by atoms with E-state index in [0.29, 0.717) is 18.4 Å². The molecule has 106 valence electrons. The molecule has 0 unspecified atom stereocenters. The first-order valence-electron chi connectivity index (χ1n) is 7.44. The lowest BCUT2D eigenvalue weighted by atomic mass is 9.72. The monoisotopic (exact) mass is 254 g/mol. The van der Waals surface area contributed by atoms with Gasteiger partial charge in [-0.15, -0.1) is 0 Å². The van der Waals surface area contributed by atoms with E-state index >= 15 is 0 Å². The number of carbonyl (C=O) groups is 1. The molecular formula is C15H30N2O. The first-order chi connectivity index (χ1) is 8.43. The summed E-state index contributed by atoms with van der Waals surface area (Å²) in [6.45, 7) is 9.89. The van der Waals surface area contributed by atoms with Crippen molar-refractivity contribution < 1.29 is 4.79 Å². The normalized spacial score (nSPS) is 19.3. The molecule has 1 saturated carbocycles. The summed E-state index contributed by atoms with van der Waals surface area (Å²) in [5.41, 5.74) is 5.69. The summed E-state index contributed by atoms with van der Waals surface area (Å²) < 4.78 is 0. The van der Waals surface area contributed by atoms with Crippen molar-refractivity contribution in [1.29, 1.82) is 0 Å². The van der Waals surface area contributed by atoms with Gasteiger partial charge in [-0.05, 0) is 32.6 Å². The van der Waals surface area contributed by atoms with Crippen molar-refractivity contribution in [1.82, 2.24) is 4.90 Å². The van der Waals surface area contributed by atoms with Gasteiger partial charge in [0.05, 0.1) is 5.41 Å². The van der Waals surface area contributed by atoms with Gasteiger partial charge in [0.2, 0.25) is 5.91 Å². The van der Waals surface area contributed by atoms with Crippen LogP contribution in [0.2, 0.25) is 0 Å². The minimum Gasteiger partial charge on any atom is -0.339 e. The molecule has 0 heterocycles. The van der Waals surface area contributed by atoms with E-state index in [-0.39, 0.29) is 11.5 Å². The van der Waals surface area contributed by atoms with Crippen LogP contribution in [0.5, 0.6) is 0 Å². The van der Waals surface area contributed by atoms with E-state index in [2.05, 4.69) is 27.7 Å². The van der Waals surface area contributed by atoms with Crippen molar-refractivity contribution >= 4 is 5.91 Å². The molecule has 0 atom stereocenters. The fraction of sp³-hybridized carbons (Fsp3) is 0.933. The summed E-state index contributed by atoms with van der Waals surface area (Å²) in [6.07, 6.45) is 5.50. The highest BCUT2D eigenvalue weighted by molar-refractivity contribution is 5.83. The Labute approximate surface area is 112 Å². The molecule has 1 aliphatic rings. The van der Waals surface area contributed by atoms with Crippen molar-refractivity contribution in [2.75, 3.05) is 13.1 Å². The lowest BCUT2D eigenvalue weighted by Crippen LogP contribution is -2.52. The Balaban J connectivity index is 2.85. The van der Waals surface area contributed by atoms with E-state index in [1.165, 1.54) is 6.42 Å². The van der Waals surface area contributed by atoms with Crippen LogP contribution in [-0.4, -0.2) is 29.9 Å². The van der Waals surface area contributed by atoms with E-state index in [4.69, 9.17) is 5.73 Å². The SMILES string of the molecule is CC(C)CN(C(=O)C1(CN)CCCCC1)C(C)C. The summed E-state index contributed by atoms with van der Waals surface area (Å²) in [7, 11) is 0. The molecule has 3 heteroatoms. The third-order valence-electron chi connectivity index (χ3n) is 4.10. The van der Waals surface area contributed by atoms with Crippen LogP contribution < -0.4 is 5.73 Å². The molecule has 0 aromatic carbocycles. The number of nitrogens with zero attached hydrogens (tertiary/aromatic N) is 1. The van der Waals surface area contributed by atoms with Crippen LogP contribution in [-0.2, 0) is 4.79 Å². The van der Waals surface area contributed by atoms with Gasteiger partial charge in [-0.25, -0.2) is 0 Å². The number of amides is 1. The van der Waals surface area contributed by atoms with Gasteiger partial charge in [0.15, 0.2) is 0 Å². The molecule has 0 spiro atoms. The molecule has 1 aliphatic carbocycles. The maximum Gasteiger partial charge on any atom is 0.230 e. The molecule has 0 bridgehead atoms. The Hall–Kier alpha value is -0.570. The van der Waals surface area contributed by atoms with Gasteiger partial charge in [0.1, 0.15) is 0 Å². The second-order valence-corrected chi connectivity index (χ2v) is 6.49. The summed E-state index contributed by atoms with van der Waals surface area (Å²) in [5, 5.41) is 0. The summed E-state index contributed by atoms with van der Waals surface area (Å²) >= 11 is 0. The topological polar surface area (TPSA) is 46.3 Å². The zero-order valence-corrected chi connectivity index (χ0v) is 12.5. The molecule has 1 rings (SSSR count). The highest BCUT2D eigenvalue weighted by Gasteiger charge is 2.41. The minimum atomic E-state index is -0.266. The first kappa shape index (κ1) is 15.5. The third-order valence-corrected chi connectivity index (χ3v) is 4.10. The van der Waals surface area contributed by atoms with Crippen molar-refractivity contribution in [2.45, 2.75) is 65.8 Å². The second kappa shape index (κ2) is 6.55. The first-order valence-corrected chi connectivity index (χ1v) is 7.44. The summed E-state index contributed by atoms with van der Waals surface area (Å²) in [6, 6.07) is 0.269. The van der Waals surface area contributed by atoms with E-state index in [1.54, 1.807) is 0 Å². The number of hydrogen-bond donors (Lipinski definition) is 1. The average Bonchev–Trinajstić information content (AvgIpc) is 2.35. The molecule has 2 N–H and O–H groups in total. The van der Waals surface area contributed by atoms with Gasteiger partial charge in [-0.3, -0.25) is 4.79 Å². The van der Waals surface area contributed by atoms with E-state index in [9.17, 15) is 4.79 Å². The van der Waals surface area contributed by atoms with Gasteiger partial charge in [-0.1, -0.05) is 33.1 Å². The van der Waals surface area contributed by atoms with Gasteiger partial charge in [0, 0.05) is 19.1 Å². The molecule has 0 aromatic heterocycles. The van der Waals surface area contributed by atoms with Crippen LogP contribution in [0.3, 0.4) is 0 Å². The van der Waals surface area contributed by atoms with Crippen LogP contribution in [0.1, 0.15) is 59.8 Å². The highest BCUT2D eigenvalue weighted by atomic mass is 16.2. The molecule has 0 radical (unpaired) electrons. The molecule has 0 aliphatic heterocycles. The number of carbonyl (C=O) groups excluding carboxylic acids is 1. The van der Waals surface area contributed by atoms with Crippen LogP contribution in [0.15, 0.2) is 0 Å². The van der Waals surface area contributed by atoms with Crippen molar-refractivity contribution in [3.05, 3.63) is 0 Å². The van der Waals surface area contributed by atoms with Gasteiger partial charge in [0.25, 0.3) is 0 Å². The zero-order chi connectivity index (χ0) is 13.8.